The van der Waals surface area contributed by atoms with E-state index < -0.39 is 16.7 Å². The monoisotopic (exact) mass is 413 g/mol. The Morgan fingerprint density at radius 3 is 2.23 bits per heavy atom. The van der Waals surface area contributed by atoms with Crippen molar-refractivity contribution in [1.82, 2.24) is 4.98 Å². The third-order valence-electron chi connectivity index (χ3n) is 4.71. The van der Waals surface area contributed by atoms with E-state index in [1.165, 1.54) is 24.3 Å². The van der Waals surface area contributed by atoms with Crippen LogP contribution in [0.3, 0.4) is 0 Å². The Kier molecular flexibility index (Phi) is 5.11. The van der Waals surface area contributed by atoms with Crippen LogP contribution in [-0.4, -0.2) is 26.8 Å². The minimum atomic E-state index is -1.20. The summed E-state index contributed by atoms with van der Waals surface area (Å²) in [6.07, 6.45) is 0. The smallest absolute Gasteiger partial charge is 0.336 e. The number of carbonyl (C=O) groups excluding carboxylic acids is 1. The van der Waals surface area contributed by atoms with Gasteiger partial charge in [-0.3, -0.25) is 14.9 Å². The molecule has 0 fully saturated rings. The van der Waals surface area contributed by atoms with Gasteiger partial charge >= 0.3 is 5.97 Å². The molecule has 0 saturated carbocycles. The lowest BCUT2D eigenvalue weighted by Crippen LogP contribution is -2.11. The zero-order valence-electron chi connectivity index (χ0n) is 16.0. The van der Waals surface area contributed by atoms with Crippen molar-refractivity contribution >= 4 is 39.7 Å². The summed E-state index contributed by atoms with van der Waals surface area (Å²) in [7, 11) is 0. The first-order valence-electron chi connectivity index (χ1n) is 9.22. The number of benzene rings is 3. The molecule has 0 aliphatic rings. The zero-order chi connectivity index (χ0) is 22.0. The normalized spacial score (nSPS) is 10.6. The van der Waals surface area contributed by atoms with E-state index in [1.807, 2.05) is 12.1 Å². The molecule has 0 bridgehead atoms. The summed E-state index contributed by atoms with van der Waals surface area (Å²) in [5.41, 5.74) is 1.68. The van der Waals surface area contributed by atoms with Gasteiger partial charge in [-0.25, -0.2) is 9.78 Å². The number of carboxylic acid groups (broad SMARTS) is 1. The maximum Gasteiger partial charge on any atom is 0.336 e. The largest absolute Gasteiger partial charge is 0.478 e. The van der Waals surface area contributed by atoms with Gasteiger partial charge in [-0.2, -0.15) is 0 Å². The van der Waals surface area contributed by atoms with Crippen LogP contribution in [0.15, 0.2) is 78.9 Å². The number of pyridine rings is 1. The maximum atomic E-state index is 13.1. The molecule has 0 spiro atoms. The molecule has 1 aromatic heterocycles. The first kappa shape index (κ1) is 19.7. The molecule has 3 aromatic carbocycles. The van der Waals surface area contributed by atoms with Crippen LogP contribution in [0.4, 0.5) is 17.1 Å². The molecule has 0 saturated heterocycles. The quantitative estimate of drug-likeness (QED) is 0.264. The molecule has 8 heteroatoms. The molecular weight excluding hydrogens is 398 g/mol. The fourth-order valence-corrected chi connectivity index (χ4v) is 3.22. The van der Waals surface area contributed by atoms with E-state index in [0.717, 1.165) is 5.39 Å². The van der Waals surface area contributed by atoms with Crippen molar-refractivity contribution in [2.45, 2.75) is 0 Å². The zero-order valence-corrected chi connectivity index (χ0v) is 16.0. The Balaban J connectivity index is 1.79. The van der Waals surface area contributed by atoms with Crippen LogP contribution in [0.2, 0.25) is 0 Å². The first-order chi connectivity index (χ1) is 14.9. The van der Waals surface area contributed by atoms with Crippen LogP contribution in [0.5, 0.6) is 0 Å². The van der Waals surface area contributed by atoms with Crippen molar-refractivity contribution in [2.75, 3.05) is 5.32 Å². The summed E-state index contributed by atoms with van der Waals surface area (Å²) < 4.78 is 0. The SMILES string of the molecule is O=C(O)c1ccccc1C(=O)c1cc(Nc2ccc([N+](=O)[O-])cc2)c2ccccc2n1. The predicted octanol–water partition coefficient (Wildman–Crippen LogP) is 4.82. The summed E-state index contributed by atoms with van der Waals surface area (Å²) in [6.45, 7) is 0. The van der Waals surface area contributed by atoms with Crippen molar-refractivity contribution in [1.29, 1.82) is 0 Å². The highest BCUT2D eigenvalue weighted by molar-refractivity contribution is 6.14. The summed E-state index contributed by atoms with van der Waals surface area (Å²) >= 11 is 0. The van der Waals surface area contributed by atoms with E-state index in [-0.39, 0.29) is 22.5 Å². The molecule has 2 N–H and O–H groups in total. The van der Waals surface area contributed by atoms with Crippen LogP contribution in [0, 0.1) is 10.1 Å². The number of nitro groups is 1. The highest BCUT2D eigenvalue weighted by Gasteiger charge is 2.20. The fraction of sp³-hybridized carbons (Fsp3) is 0. The number of aromatic carboxylic acids is 1. The number of ketones is 1. The lowest BCUT2D eigenvalue weighted by Gasteiger charge is -2.12. The number of para-hydroxylation sites is 1. The Morgan fingerprint density at radius 1 is 0.903 bits per heavy atom. The molecule has 4 aromatic rings. The number of nitrogens with one attached hydrogen (secondary N) is 1. The van der Waals surface area contributed by atoms with Gasteiger partial charge in [0.05, 0.1) is 21.7 Å². The predicted molar refractivity (Wildman–Crippen MR) is 115 cm³/mol. The molecule has 0 amide bonds. The summed E-state index contributed by atoms with van der Waals surface area (Å²) in [6, 6.07) is 20.6. The number of carbonyl (C=O) groups is 2. The highest BCUT2D eigenvalue weighted by Crippen LogP contribution is 2.28. The Labute approximate surface area is 175 Å². The van der Waals surface area contributed by atoms with Gasteiger partial charge in [0.25, 0.3) is 5.69 Å². The number of rotatable bonds is 6. The molecule has 152 valence electrons. The van der Waals surface area contributed by atoms with Crippen molar-refractivity contribution in [3.63, 3.8) is 0 Å². The standard InChI is InChI=1S/C23H15N3O5/c27-22(16-5-1-2-6-17(16)23(28)29)21-13-20(18-7-3-4-8-19(18)25-21)24-14-9-11-15(12-10-14)26(30)31/h1-13H,(H,24,25)(H,28,29). The van der Waals surface area contributed by atoms with Gasteiger partial charge in [0.15, 0.2) is 0 Å². The molecule has 4 rings (SSSR count). The summed E-state index contributed by atoms with van der Waals surface area (Å²) in [5.74, 6) is -1.72. The van der Waals surface area contributed by atoms with Crippen LogP contribution >= 0.6 is 0 Å². The molecule has 0 aliphatic carbocycles. The molecule has 0 atom stereocenters. The lowest BCUT2D eigenvalue weighted by atomic mass is 10.0. The minimum absolute atomic E-state index is 0.0359. The molecule has 0 aliphatic heterocycles. The minimum Gasteiger partial charge on any atom is -0.478 e. The van der Waals surface area contributed by atoms with E-state index >= 15 is 0 Å². The van der Waals surface area contributed by atoms with Crippen molar-refractivity contribution in [2.24, 2.45) is 0 Å². The van der Waals surface area contributed by atoms with Gasteiger partial charge in [-0.1, -0.05) is 36.4 Å². The Bertz CT molecular complexity index is 1330. The van der Waals surface area contributed by atoms with Gasteiger partial charge in [0, 0.05) is 28.8 Å². The lowest BCUT2D eigenvalue weighted by molar-refractivity contribution is -0.384. The van der Waals surface area contributed by atoms with E-state index in [1.54, 1.807) is 42.5 Å². The molecule has 0 radical (unpaired) electrons. The van der Waals surface area contributed by atoms with Crippen LogP contribution in [0.25, 0.3) is 10.9 Å². The number of nitrogens with zero attached hydrogens (tertiary/aromatic N) is 2. The highest BCUT2D eigenvalue weighted by atomic mass is 16.6. The third-order valence-corrected chi connectivity index (χ3v) is 4.71. The molecule has 0 unspecified atom stereocenters. The van der Waals surface area contributed by atoms with Crippen LogP contribution in [-0.2, 0) is 0 Å². The number of fused-ring (bicyclic) bond motifs is 1. The van der Waals surface area contributed by atoms with E-state index in [2.05, 4.69) is 10.3 Å². The van der Waals surface area contributed by atoms with Crippen LogP contribution in [0.1, 0.15) is 26.4 Å². The number of aromatic nitrogens is 1. The second-order valence-electron chi connectivity index (χ2n) is 6.68. The van der Waals surface area contributed by atoms with Gasteiger partial charge in [-0.05, 0) is 30.3 Å². The second-order valence-corrected chi connectivity index (χ2v) is 6.68. The third kappa shape index (κ3) is 3.95. The number of nitro benzene ring substituents is 1. The fourth-order valence-electron chi connectivity index (χ4n) is 3.22. The van der Waals surface area contributed by atoms with Crippen molar-refractivity contribution in [3.8, 4) is 0 Å². The van der Waals surface area contributed by atoms with E-state index in [4.69, 9.17) is 0 Å². The van der Waals surface area contributed by atoms with E-state index in [9.17, 15) is 24.8 Å². The van der Waals surface area contributed by atoms with Crippen LogP contribution < -0.4 is 5.32 Å². The Morgan fingerprint density at radius 2 is 1.55 bits per heavy atom. The molecule has 31 heavy (non-hydrogen) atoms. The van der Waals surface area contributed by atoms with Gasteiger partial charge < -0.3 is 10.4 Å². The molecule has 1 heterocycles. The number of carboxylic acids is 1. The summed E-state index contributed by atoms with van der Waals surface area (Å²) in [4.78, 5) is 39.4. The average molecular weight is 413 g/mol. The summed E-state index contributed by atoms with van der Waals surface area (Å²) in [5, 5.41) is 24.2. The van der Waals surface area contributed by atoms with Gasteiger partial charge in [0.1, 0.15) is 5.69 Å². The van der Waals surface area contributed by atoms with Crippen molar-refractivity contribution < 1.29 is 19.6 Å². The van der Waals surface area contributed by atoms with Gasteiger partial charge in [-0.15, -0.1) is 0 Å². The number of hydrogen-bond donors (Lipinski definition) is 2. The first-order valence-corrected chi connectivity index (χ1v) is 9.22. The number of anilines is 2. The maximum absolute atomic E-state index is 13.1. The van der Waals surface area contributed by atoms with E-state index in [0.29, 0.717) is 16.9 Å². The molecule has 8 nitrogen and oxygen atoms in total. The van der Waals surface area contributed by atoms with Crippen molar-refractivity contribution in [3.05, 3.63) is 106 Å². The van der Waals surface area contributed by atoms with Gasteiger partial charge in [0.2, 0.25) is 5.78 Å². The topological polar surface area (TPSA) is 122 Å². The molecular formula is C23H15N3O5. The number of non-ortho nitro benzene ring substituents is 1. The number of hydrogen-bond acceptors (Lipinski definition) is 6. The Hall–Kier alpha value is -4.59. The second kappa shape index (κ2) is 8.03. The average Bonchev–Trinajstić information content (AvgIpc) is 2.78.